The second-order valence-corrected chi connectivity index (χ2v) is 10.3. The van der Waals surface area contributed by atoms with E-state index in [1.54, 1.807) is 12.1 Å². The number of hydrogen-bond donors (Lipinski definition) is 4. The van der Waals surface area contributed by atoms with Crippen molar-refractivity contribution in [2.24, 2.45) is 5.92 Å². The van der Waals surface area contributed by atoms with Crippen molar-refractivity contribution in [3.05, 3.63) is 54.2 Å². The van der Waals surface area contributed by atoms with Gasteiger partial charge in [-0.25, -0.2) is 4.98 Å². The number of carbonyl (C=O) groups excluding carboxylic acids is 3. The van der Waals surface area contributed by atoms with Gasteiger partial charge in [0.2, 0.25) is 5.91 Å². The largest absolute Gasteiger partial charge is 0.552 e. The number of aliphatic hydroxyl groups is 1. The highest BCUT2D eigenvalue weighted by atomic mass is 16.7. The maximum absolute atomic E-state index is 13.3. The van der Waals surface area contributed by atoms with Crippen LogP contribution in [-0.4, -0.2) is 95.3 Å². The van der Waals surface area contributed by atoms with Gasteiger partial charge in [0, 0.05) is 5.56 Å². The van der Waals surface area contributed by atoms with Gasteiger partial charge in [0.15, 0.2) is 6.10 Å². The number of hydrogen-bond acceptors (Lipinski definition) is 9. The van der Waals surface area contributed by atoms with Crippen LogP contribution in [0.3, 0.4) is 0 Å². The number of carboxylic acid groups (broad SMARTS) is 1. The van der Waals surface area contributed by atoms with Crippen LogP contribution in [0.15, 0.2) is 48.5 Å². The van der Waals surface area contributed by atoms with E-state index in [4.69, 9.17) is 9.31 Å². The lowest BCUT2D eigenvalue weighted by molar-refractivity contribution is -0.151. The Morgan fingerprint density at radius 1 is 1.05 bits per heavy atom. The Bertz CT molecular complexity index is 1210. The molecule has 0 unspecified atom stereocenters. The van der Waals surface area contributed by atoms with Gasteiger partial charge in [0.05, 0.1) is 17.7 Å². The average molecular weight is 554 g/mol. The van der Waals surface area contributed by atoms with Crippen LogP contribution < -0.4 is 10.6 Å². The molecule has 2 heterocycles. The van der Waals surface area contributed by atoms with Crippen LogP contribution in [0, 0.1) is 5.92 Å². The molecule has 1 saturated heterocycles. The SMILES string of the molecule is CC(C)C[C@H](NC(=O)[C@@H](NC(=O)c1cccc(-c2ccccc2)n1)[C@@H](C)O)B1OC(=O)[C@@H]([C@H](C(=O)O)N(C)C)O1. The fourth-order valence-corrected chi connectivity index (χ4v) is 4.38. The summed E-state index contributed by atoms with van der Waals surface area (Å²) in [6.07, 6.45) is -2.39. The quantitative estimate of drug-likeness (QED) is 0.275. The molecule has 0 aliphatic carbocycles. The molecule has 2 aromatic rings. The van der Waals surface area contributed by atoms with Crippen molar-refractivity contribution in [1.82, 2.24) is 20.5 Å². The van der Waals surface area contributed by atoms with Crippen LogP contribution in [0.25, 0.3) is 11.3 Å². The number of aliphatic hydroxyl groups excluding tert-OH is 1. The Morgan fingerprint density at radius 3 is 2.30 bits per heavy atom. The van der Waals surface area contributed by atoms with Crippen molar-refractivity contribution in [2.75, 3.05) is 14.1 Å². The maximum Gasteiger partial charge on any atom is 0.552 e. The molecule has 214 valence electrons. The first-order valence-corrected chi connectivity index (χ1v) is 13.0. The number of aliphatic carboxylic acids is 1. The molecule has 12 nitrogen and oxygen atoms in total. The van der Waals surface area contributed by atoms with E-state index in [0.717, 1.165) is 5.56 Å². The minimum Gasteiger partial charge on any atom is -0.506 e. The van der Waals surface area contributed by atoms with E-state index in [9.17, 15) is 29.4 Å². The van der Waals surface area contributed by atoms with Crippen LogP contribution in [0.5, 0.6) is 0 Å². The first-order valence-electron chi connectivity index (χ1n) is 13.0. The molecule has 0 saturated carbocycles. The van der Waals surface area contributed by atoms with Crippen LogP contribution in [-0.2, 0) is 23.7 Å². The van der Waals surface area contributed by atoms with Crippen molar-refractivity contribution >= 4 is 30.9 Å². The zero-order valence-electron chi connectivity index (χ0n) is 23.1. The summed E-state index contributed by atoms with van der Waals surface area (Å²) >= 11 is 0. The number of aromatic nitrogens is 1. The van der Waals surface area contributed by atoms with Gasteiger partial charge in [0.1, 0.15) is 17.8 Å². The summed E-state index contributed by atoms with van der Waals surface area (Å²) in [5, 5.41) is 25.2. The van der Waals surface area contributed by atoms with E-state index in [1.165, 1.54) is 32.0 Å². The molecule has 4 N–H and O–H groups in total. The van der Waals surface area contributed by atoms with Crippen LogP contribution in [0.1, 0.15) is 37.7 Å². The van der Waals surface area contributed by atoms with Crippen LogP contribution in [0.2, 0.25) is 0 Å². The highest BCUT2D eigenvalue weighted by Gasteiger charge is 2.51. The summed E-state index contributed by atoms with van der Waals surface area (Å²) in [6.45, 7) is 5.12. The predicted octanol–water partition coefficient (Wildman–Crippen LogP) is 0.743. The molecule has 13 heteroatoms. The highest BCUT2D eigenvalue weighted by Crippen LogP contribution is 2.22. The number of nitrogens with zero attached hydrogens (tertiary/aromatic N) is 2. The van der Waals surface area contributed by atoms with E-state index in [2.05, 4.69) is 15.6 Å². The van der Waals surface area contributed by atoms with E-state index in [1.807, 2.05) is 44.2 Å². The van der Waals surface area contributed by atoms with Crippen molar-refractivity contribution in [3.8, 4) is 11.3 Å². The Kier molecular flexibility index (Phi) is 10.4. The number of carbonyl (C=O) groups is 4. The normalized spacial score (nSPS) is 18.1. The third-order valence-electron chi connectivity index (χ3n) is 6.33. The topological polar surface area (TPSA) is 167 Å². The van der Waals surface area contributed by atoms with E-state index in [0.29, 0.717) is 12.1 Å². The molecule has 0 spiro atoms. The monoisotopic (exact) mass is 554 g/mol. The molecule has 1 aromatic heterocycles. The van der Waals surface area contributed by atoms with Gasteiger partial charge in [-0.3, -0.25) is 24.1 Å². The second kappa shape index (κ2) is 13.5. The molecule has 5 atom stereocenters. The molecule has 1 aliphatic rings. The number of carboxylic acids is 1. The van der Waals surface area contributed by atoms with Gasteiger partial charge in [-0.05, 0) is 45.5 Å². The first-order chi connectivity index (χ1) is 18.9. The Balaban J connectivity index is 1.76. The molecule has 0 radical (unpaired) electrons. The lowest BCUT2D eigenvalue weighted by Crippen LogP contribution is -2.58. The Morgan fingerprint density at radius 2 is 1.73 bits per heavy atom. The van der Waals surface area contributed by atoms with Crippen molar-refractivity contribution in [3.63, 3.8) is 0 Å². The number of amides is 2. The summed E-state index contributed by atoms with van der Waals surface area (Å²) in [7, 11) is 1.73. The van der Waals surface area contributed by atoms with Crippen molar-refractivity contribution < 1.29 is 38.7 Å². The number of rotatable bonds is 12. The molecule has 0 bridgehead atoms. The van der Waals surface area contributed by atoms with Crippen LogP contribution in [0.4, 0.5) is 0 Å². The van der Waals surface area contributed by atoms with Gasteiger partial charge >= 0.3 is 19.1 Å². The lowest BCUT2D eigenvalue weighted by Gasteiger charge is -2.27. The summed E-state index contributed by atoms with van der Waals surface area (Å²) in [4.78, 5) is 56.3. The number of nitrogens with one attached hydrogen (secondary N) is 2. The number of likely N-dealkylation sites (N-methyl/N-ethyl adjacent to an activating group) is 1. The molecular formula is C27H35BN4O8. The van der Waals surface area contributed by atoms with Crippen molar-refractivity contribution in [1.29, 1.82) is 0 Å². The summed E-state index contributed by atoms with van der Waals surface area (Å²) in [6, 6.07) is 11.5. The van der Waals surface area contributed by atoms with Gasteiger partial charge in [-0.2, -0.15) is 0 Å². The Labute approximate surface area is 233 Å². The summed E-state index contributed by atoms with van der Waals surface area (Å²) in [5.41, 5.74) is 1.43. The molecular weight excluding hydrogens is 519 g/mol. The molecule has 1 aliphatic heterocycles. The Hall–Kier alpha value is -3.81. The van der Waals surface area contributed by atoms with Gasteiger partial charge < -0.3 is 30.2 Å². The van der Waals surface area contributed by atoms with E-state index < -0.39 is 61.1 Å². The van der Waals surface area contributed by atoms with E-state index >= 15 is 0 Å². The van der Waals surface area contributed by atoms with Gasteiger partial charge in [0.25, 0.3) is 5.91 Å². The predicted molar refractivity (Wildman–Crippen MR) is 146 cm³/mol. The van der Waals surface area contributed by atoms with Crippen molar-refractivity contribution in [2.45, 2.75) is 57.4 Å². The zero-order valence-corrected chi connectivity index (χ0v) is 23.1. The molecule has 1 fully saturated rings. The van der Waals surface area contributed by atoms with Gasteiger partial charge in [-0.15, -0.1) is 0 Å². The van der Waals surface area contributed by atoms with Crippen LogP contribution >= 0.6 is 0 Å². The number of pyridine rings is 1. The van der Waals surface area contributed by atoms with E-state index in [-0.39, 0.29) is 11.6 Å². The minimum absolute atomic E-state index is 0.0142. The summed E-state index contributed by atoms with van der Waals surface area (Å²) < 4.78 is 11.0. The minimum atomic E-state index is -1.40. The van der Waals surface area contributed by atoms with Gasteiger partial charge in [-0.1, -0.05) is 50.2 Å². The molecule has 2 amide bonds. The third kappa shape index (κ3) is 7.65. The fraction of sp³-hybridized carbons (Fsp3) is 0.444. The first kappa shape index (κ1) is 30.7. The lowest BCUT2D eigenvalue weighted by atomic mass is 9.74. The average Bonchev–Trinajstić information content (AvgIpc) is 3.27. The molecule has 40 heavy (non-hydrogen) atoms. The fourth-order valence-electron chi connectivity index (χ4n) is 4.38. The number of benzene rings is 1. The smallest absolute Gasteiger partial charge is 0.506 e. The maximum atomic E-state index is 13.3. The highest BCUT2D eigenvalue weighted by molar-refractivity contribution is 6.51. The molecule has 3 rings (SSSR count). The standard InChI is InChI=1S/C27H35BN4O8/c1-15(2)14-20(28-39-23(27(38)40-28)22(26(36)37)32(4)5)30-25(35)21(16(3)33)31-24(34)19-13-9-12-18(29-19)17-10-7-6-8-11-17/h6-13,15-16,20-23,33H,14H2,1-5H3,(H,30,35)(H,31,34)(H,36,37)/t16-,20+,21+,22-,23-/m1/s1. The zero-order chi connectivity index (χ0) is 29.6. The summed E-state index contributed by atoms with van der Waals surface area (Å²) in [5.74, 6) is -4.40. The third-order valence-corrected chi connectivity index (χ3v) is 6.33. The molecule has 1 aromatic carbocycles. The second-order valence-electron chi connectivity index (χ2n) is 10.3.